The molecule has 1 aromatic carbocycles. The molecule has 1 aliphatic carbocycles. The Morgan fingerprint density at radius 2 is 2.00 bits per heavy atom. The summed E-state index contributed by atoms with van der Waals surface area (Å²) in [6, 6.07) is 5.07. The minimum atomic E-state index is -1.04. The Bertz CT molecular complexity index is 1140. The quantitative estimate of drug-likeness (QED) is 0.579. The van der Waals surface area contributed by atoms with Gasteiger partial charge >= 0.3 is 5.97 Å². The fourth-order valence-electron chi connectivity index (χ4n) is 4.09. The van der Waals surface area contributed by atoms with Crippen molar-refractivity contribution in [2.24, 2.45) is 0 Å². The van der Waals surface area contributed by atoms with Crippen molar-refractivity contribution in [3.63, 3.8) is 0 Å². The van der Waals surface area contributed by atoms with Gasteiger partial charge in [0.15, 0.2) is 5.78 Å². The highest BCUT2D eigenvalue weighted by Crippen LogP contribution is 2.38. The van der Waals surface area contributed by atoms with Crippen LogP contribution in [0.3, 0.4) is 0 Å². The molecule has 0 fully saturated rings. The van der Waals surface area contributed by atoms with Gasteiger partial charge in [0.2, 0.25) is 5.91 Å². The first-order chi connectivity index (χ1) is 14.3. The maximum absolute atomic E-state index is 12.6. The Labute approximate surface area is 172 Å². The first kappa shape index (κ1) is 19.6. The number of ketones is 1. The van der Waals surface area contributed by atoms with E-state index in [1.54, 1.807) is 24.3 Å². The van der Waals surface area contributed by atoms with Gasteiger partial charge in [-0.1, -0.05) is 0 Å². The molecule has 0 radical (unpaired) electrons. The van der Waals surface area contributed by atoms with Crippen LogP contribution >= 0.6 is 0 Å². The number of hydrogen-bond donors (Lipinski definition) is 4. The number of H-pyrrole nitrogens is 1. The third-order valence-corrected chi connectivity index (χ3v) is 5.47. The van der Waals surface area contributed by atoms with Crippen LogP contribution < -0.4 is 10.6 Å². The second-order valence-electron chi connectivity index (χ2n) is 7.60. The zero-order valence-corrected chi connectivity index (χ0v) is 16.6. The summed E-state index contributed by atoms with van der Waals surface area (Å²) in [6.45, 7) is 2.93. The molecule has 2 aliphatic rings. The fourth-order valence-corrected chi connectivity index (χ4v) is 4.09. The van der Waals surface area contributed by atoms with Gasteiger partial charge in [-0.15, -0.1) is 0 Å². The molecule has 0 bridgehead atoms. The zero-order valence-electron chi connectivity index (χ0n) is 16.6. The monoisotopic (exact) mass is 407 g/mol. The van der Waals surface area contributed by atoms with Crippen molar-refractivity contribution in [2.45, 2.75) is 39.0 Å². The summed E-state index contributed by atoms with van der Waals surface area (Å²) in [5.74, 6) is -2.60. The van der Waals surface area contributed by atoms with Gasteiger partial charge in [-0.05, 0) is 44.0 Å². The van der Waals surface area contributed by atoms with Crippen LogP contribution in [-0.4, -0.2) is 33.7 Å². The molecule has 4 rings (SSSR count). The number of aromatic amines is 1. The van der Waals surface area contributed by atoms with Crippen molar-refractivity contribution in [2.75, 3.05) is 10.6 Å². The number of anilines is 2. The standard InChI is InChI=1S/C22H21N3O5/c1-10(22(29)30)19-17(24-16-4-3-5-18(27)20(16)19)9-14-13-8-12(23-11(2)26)6-7-15(13)25-21(14)28/h6-10,24H,3-5H2,1-2H3,(H,23,26)(H,25,28)(H,29,30)/b14-9-. The van der Waals surface area contributed by atoms with Gasteiger partial charge in [0.05, 0.1) is 11.5 Å². The molecule has 0 saturated carbocycles. The third kappa shape index (κ3) is 3.30. The molecule has 8 nitrogen and oxygen atoms in total. The predicted molar refractivity (Wildman–Crippen MR) is 111 cm³/mol. The molecule has 0 saturated heterocycles. The molecular formula is C22H21N3O5. The molecule has 154 valence electrons. The van der Waals surface area contributed by atoms with E-state index in [0.717, 1.165) is 0 Å². The normalized spacial score (nSPS) is 17.3. The molecule has 0 spiro atoms. The van der Waals surface area contributed by atoms with Gasteiger partial charge in [-0.3, -0.25) is 19.2 Å². The number of carboxylic acid groups (broad SMARTS) is 1. The minimum absolute atomic E-state index is 0.0792. The summed E-state index contributed by atoms with van der Waals surface area (Å²) < 4.78 is 0. The molecule has 1 aliphatic heterocycles. The number of carboxylic acids is 1. The first-order valence-corrected chi connectivity index (χ1v) is 9.72. The largest absolute Gasteiger partial charge is 0.481 e. The van der Waals surface area contributed by atoms with Crippen LogP contribution in [0.15, 0.2) is 18.2 Å². The van der Waals surface area contributed by atoms with Crippen molar-refractivity contribution in [1.29, 1.82) is 0 Å². The Hall–Kier alpha value is -3.68. The number of rotatable bonds is 4. The predicted octanol–water partition coefficient (Wildman–Crippen LogP) is 3.17. The van der Waals surface area contributed by atoms with Crippen molar-refractivity contribution in [3.05, 3.63) is 46.3 Å². The summed E-state index contributed by atoms with van der Waals surface area (Å²) in [5, 5.41) is 15.1. The topological polar surface area (TPSA) is 128 Å². The van der Waals surface area contributed by atoms with E-state index < -0.39 is 11.9 Å². The van der Waals surface area contributed by atoms with E-state index in [0.29, 0.717) is 64.3 Å². The van der Waals surface area contributed by atoms with E-state index in [9.17, 15) is 24.3 Å². The molecule has 2 aromatic rings. The average Bonchev–Trinajstić information content (AvgIpc) is 3.19. The molecule has 8 heteroatoms. The molecule has 1 aromatic heterocycles. The highest BCUT2D eigenvalue weighted by molar-refractivity contribution is 6.35. The summed E-state index contributed by atoms with van der Waals surface area (Å²) in [7, 11) is 0. The van der Waals surface area contributed by atoms with Gasteiger partial charge in [-0.2, -0.15) is 0 Å². The zero-order chi connectivity index (χ0) is 21.6. The van der Waals surface area contributed by atoms with Crippen LogP contribution in [-0.2, 0) is 20.8 Å². The lowest BCUT2D eigenvalue weighted by Crippen LogP contribution is -2.15. The molecule has 1 atom stereocenters. The molecule has 30 heavy (non-hydrogen) atoms. The maximum atomic E-state index is 12.6. The van der Waals surface area contributed by atoms with Crippen LogP contribution in [0.2, 0.25) is 0 Å². The van der Waals surface area contributed by atoms with E-state index in [-0.39, 0.29) is 17.6 Å². The molecular weight excluding hydrogens is 386 g/mol. The SMILES string of the molecule is CC(=O)Nc1ccc2c(c1)/C(=C/c1[nH]c3c(c1C(C)C(=O)O)C(=O)CCC3)C(=O)N2. The second-order valence-corrected chi connectivity index (χ2v) is 7.60. The van der Waals surface area contributed by atoms with Gasteiger partial charge in [0.25, 0.3) is 5.91 Å². The Morgan fingerprint density at radius 3 is 2.70 bits per heavy atom. The lowest BCUT2D eigenvalue weighted by molar-refractivity contribution is -0.138. The van der Waals surface area contributed by atoms with E-state index in [1.165, 1.54) is 13.8 Å². The fraction of sp³-hybridized carbons (Fsp3) is 0.273. The summed E-state index contributed by atoms with van der Waals surface area (Å²) >= 11 is 0. The van der Waals surface area contributed by atoms with Crippen molar-refractivity contribution >= 4 is 46.6 Å². The number of aryl methyl sites for hydroxylation is 1. The number of Topliss-reactive ketones (excluding diaryl/α,β-unsaturated/α-hetero) is 1. The number of benzene rings is 1. The van der Waals surface area contributed by atoms with Crippen molar-refractivity contribution in [1.82, 2.24) is 4.98 Å². The first-order valence-electron chi connectivity index (χ1n) is 9.72. The third-order valence-electron chi connectivity index (χ3n) is 5.47. The Morgan fingerprint density at radius 1 is 1.23 bits per heavy atom. The summed E-state index contributed by atoms with van der Waals surface area (Å²) in [5.41, 5.74) is 4.09. The van der Waals surface area contributed by atoms with E-state index in [1.807, 2.05) is 0 Å². The maximum Gasteiger partial charge on any atom is 0.310 e. The number of aliphatic carboxylic acids is 1. The number of carbonyl (C=O) groups excluding carboxylic acids is 3. The van der Waals surface area contributed by atoms with Crippen molar-refractivity contribution in [3.8, 4) is 0 Å². The van der Waals surface area contributed by atoms with Crippen LogP contribution in [0.1, 0.15) is 65.5 Å². The minimum Gasteiger partial charge on any atom is -0.481 e. The number of amides is 2. The van der Waals surface area contributed by atoms with Crippen LogP contribution in [0, 0.1) is 0 Å². The van der Waals surface area contributed by atoms with Gasteiger partial charge in [0.1, 0.15) is 0 Å². The molecule has 2 heterocycles. The van der Waals surface area contributed by atoms with Gasteiger partial charge in [-0.25, -0.2) is 0 Å². The lowest BCUT2D eigenvalue weighted by atomic mass is 9.87. The number of carbonyl (C=O) groups is 4. The molecule has 1 unspecified atom stereocenters. The summed E-state index contributed by atoms with van der Waals surface area (Å²) in [4.78, 5) is 51.5. The van der Waals surface area contributed by atoms with Gasteiger partial charge in [0, 0.05) is 52.8 Å². The van der Waals surface area contributed by atoms with E-state index >= 15 is 0 Å². The highest BCUT2D eigenvalue weighted by Gasteiger charge is 2.32. The molecule has 4 N–H and O–H groups in total. The van der Waals surface area contributed by atoms with Gasteiger partial charge < -0.3 is 20.7 Å². The van der Waals surface area contributed by atoms with Crippen LogP contribution in [0.4, 0.5) is 11.4 Å². The van der Waals surface area contributed by atoms with E-state index in [2.05, 4.69) is 15.6 Å². The van der Waals surface area contributed by atoms with E-state index in [4.69, 9.17) is 0 Å². The Balaban J connectivity index is 1.87. The Kier molecular flexibility index (Phi) is 4.77. The second kappa shape index (κ2) is 7.29. The average molecular weight is 407 g/mol. The number of nitrogens with one attached hydrogen (secondary N) is 3. The summed E-state index contributed by atoms with van der Waals surface area (Å²) in [6.07, 6.45) is 3.33. The number of fused-ring (bicyclic) bond motifs is 2. The number of hydrogen-bond acceptors (Lipinski definition) is 4. The van der Waals surface area contributed by atoms with Crippen LogP contribution in [0.5, 0.6) is 0 Å². The van der Waals surface area contributed by atoms with Crippen LogP contribution in [0.25, 0.3) is 11.6 Å². The van der Waals surface area contributed by atoms with Crippen molar-refractivity contribution < 1.29 is 24.3 Å². The molecule has 2 amide bonds. The number of aromatic nitrogens is 1. The highest BCUT2D eigenvalue weighted by atomic mass is 16.4. The smallest absolute Gasteiger partial charge is 0.310 e. The lowest BCUT2D eigenvalue weighted by Gasteiger charge is -2.14.